The smallest absolute Gasteiger partial charge is 0.137 e. The highest BCUT2D eigenvalue weighted by Gasteiger charge is 2.26. The molecule has 5 heteroatoms. The monoisotopic (exact) mass is 832 g/mol. The van der Waals surface area contributed by atoms with Gasteiger partial charge in [-0.3, -0.25) is 0 Å². The van der Waals surface area contributed by atoms with E-state index in [1.54, 1.807) is 0 Å². The second-order valence-electron chi connectivity index (χ2n) is 16.9. The number of rotatable bonds is 6. The quantitative estimate of drug-likeness (QED) is 0.167. The van der Waals surface area contributed by atoms with Crippen molar-refractivity contribution in [2.45, 2.75) is 0 Å². The van der Waals surface area contributed by atoms with Gasteiger partial charge in [-0.05, 0) is 124 Å². The van der Waals surface area contributed by atoms with Gasteiger partial charge in [-0.2, -0.15) is 0 Å². The van der Waals surface area contributed by atoms with Crippen molar-refractivity contribution in [3.63, 3.8) is 0 Å². The molecule has 0 bridgehead atoms. The molecule has 0 unspecified atom stereocenters. The van der Waals surface area contributed by atoms with Gasteiger partial charge in [0.2, 0.25) is 0 Å². The number of fused-ring (bicyclic) bond motifs is 10. The molecule has 304 valence electrons. The van der Waals surface area contributed by atoms with Crippen LogP contribution in [0.15, 0.2) is 227 Å². The molecule has 11 aromatic carbocycles. The molecule has 14 rings (SSSR count). The molecule has 0 amide bonds. The highest BCUT2D eigenvalue weighted by atomic mass is 16.5. The van der Waals surface area contributed by atoms with E-state index in [4.69, 9.17) is 13.6 Å². The number of benzene rings is 11. The van der Waals surface area contributed by atoms with Crippen LogP contribution in [0, 0.1) is 0 Å². The van der Waals surface area contributed by atoms with Gasteiger partial charge in [0.05, 0.1) is 5.69 Å². The van der Waals surface area contributed by atoms with Gasteiger partial charge in [-0.25, -0.2) is 0 Å². The minimum atomic E-state index is 0.805. The lowest BCUT2D eigenvalue weighted by Crippen LogP contribution is -2.12. The molecule has 0 radical (unpaired) electrons. The SMILES string of the molecule is c1ccc2cc(N(c3ccc4c(c3)Oc3cccc5c(N(c6ccc7ccccc7c6)c6ccc7oc8ccccc8c7c6)ccc-4c35)c3ccc4oc5ccccc5c4c3)ccc2c1. The predicted octanol–water partition coefficient (Wildman–Crippen LogP) is 17.7. The first-order valence-electron chi connectivity index (χ1n) is 22.0. The second kappa shape index (κ2) is 13.9. The van der Waals surface area contributed by atoms with Crippen LogP contribution in [-0.4, -0.2) is 0 Å². The van der Waals surface area contributed by atoms with Gasteiger partial charge in [0.15, 0.2) is 0 Å². The van der Waals surface area contributed by atoms with Crippen LogP contribution < -0.4 is 14.5 Å². The molecule has 0 aliphatic carbocycles. The summed E-state index contributed by atoms with van der Waals surface area (Å²) in [5, 5.41) is 11.3. The Labute approximate surface area is 373 Å². The average molecular weight is 833 g/mol. The van der Waals surface area contributed by atoms with Gasteiger partial charge >= 0.3 is 0 Å². The van der Waals surface area contributed by atoms with Crippen molar-refractivity contribution in [2.24, 2.45) is 0 Å². The van der Waals surface area contributed by atoms with Crippen LogP contribution in [0.1, 0.15) is 0 Å². The summed E-state index contributed by atoms with van der Waals surface area (Å²) in [5.74, 6) is 1.63. The lowest BCUT2D eigenvalue weighted by Gasteiger charge is -2.30. The second-order valence-corrected chi connectivity index (χ2v) is 16.9. The highest BCUT2D eigenvalue weighted by molar-refractivity contribution is 6.13. The van der Waals surface area contributed by atoms with Gasteiger partial charge in [-0.1, -0.05) is 115 Å². The Morgan fingerprint density at radius 1 is 0.277 bits per heavy atom. The molecule has 0 saturated heterocycles. The van der Waals surface area contributed by atoms with E-state index in [2.05, 4.69) is 204 Å². The Kier molecular flexibility index (Phi) is 7.62. The number of hydrogen-bond acceptors (Lipinski definition) is 5. The average Bonchev–Trinajstić information content (AvgIpc) is 3.92. The molecule has 0 atom stereocenters. The van der Waals surface area contributed by atoms with Gasteiger partial charge < -0.3 is 23.4 Å². The summed E-state index contributed by atoms with van der Waals surface area (Å²) >= 11 is 0. The molecule has 0 saturated carbocycles. The largest absolute Gasteiger partial charge is 0.456 e. The maximum Gasteiger partial charge on any atom is 0.137 e. The van der Waals surface area contributed by atoms with Crippen molar-refractivity contribution in [1.82, 2.24) is 0 Å². The predicted molar refractivity (Wildman–Crippen MR) is 268 cm³/mol. The molecule has 3 heterocycles. The van der Waals surface area contributed by atoms with Crippen LogP contribution in [0.2, 0.25) is 0 Å². The van der Waals surface area contributed by atoms with Crippen molar-refractivity contribution in [3.05, 3.63) is 218 Å². The van der Waals surface area contributed by atoms with E-state index in [0.717, 1.165) is 111 Å². The topological polar surface area (TPSA) is 42.0 Å². The van der Waals surface area contributed by atoms with E-state index in [1.165, 1.54) is 21.5 Å². The first kappa shape index (κ1) is 35.8. The Hall–Kier alpha value is -8.80. The molecule has 5 nitrogen and oxygen atoms in total. The van der Waals surface area contributed by atoms with Crippen molar-refractivity contribution < 1.29 is 13.6 Å². The normalized spacial score (nSPS) is 12.1. The van der Waals surface area contributed by atoms with Crippen LogP contribution in [-0.2, 0) is 0 Å². The van der Waals surface area contributed by atoms with E-state index in [-0.39, 0.29) is 0 Å². The number of furan rings is 2. The Balaban J connectivity index is 0.933. The number of ether oxygens (including phenoxy) is 1. The molecule has 1 aliphatic rings. The first-order valence-corrected chi connectivity index (χ1v) is 22.0. The summed E-state index contributed by atoms with van der Waals surface area (Å²) in [6, 6.07) is 77.5. The summed E-state index contributed by atoms with van der Waals surface area (Å²) in [7, 11) is 0. The van der Waals surface area contributed by atoms with E-state index in [0.29, 0.717) is 0 Å². The molecule has 65 heavy (non-hydrogen) atoms. The van der Waals surface area contributed by atoms with E-state index < -0.39 is 0 Å². The highest BCUT2D eigenvalue weighted by Crippen LogP contribution is 2.53. The van der Waals surface area contributed by atoms with E-state index >= 15 is 0 Å². The van der Waals surface area contributed by atoms with Crippen molar-refractivity contribution in [3.8, 4) is 22.6 Å². The minimum absolute atomic E-state index is 0.805. The maximum atomic E-state index is 7.02. The Bertz CT molecular complexity index is 4090. The fourth-order valence-corrected chi connectivity index (χ4v) is 10.2. The van der Waals surface area contributed by atoms with Crippen molar-refractivity contribution in [1.29, 1.82) is 0 Å². The molecule has 0 N–H and O–H groups in total. The molecule has 1 aliphatic heterocycles. The standard InChI is InChI=1S/C60H36N2O3/c1-3-12-39-32-41(22-20-37(39)10-1)61(43-25-30-56-51(34-43)46-14-5-7-17-54(46)63-56)45-24-27-48-49-28-29-53(50-16-9-19-58(60(49)50)65-59(48)36-45)62(42-23-21-38-11-2-4-13-40(38)33-42)44-26-31-57-52(35-44)47-15-6-8-18-55(47)64-57/h1-36H. The third kappa shape index (κ3) is 5.59. The third-order valence-corrected chi connectivity index (χ3v) is 13.2. The first-order chi connectivity index (χ1) is 32.2. The number of nitrogens with zero attached hydrogens (tertiary/aromatic N) is 2. The van der Waals surface area contributed by atoms with Crippen LogP contribution in [0.3, 0.4) is 0 Å². The van der Waals surface area contributed by atoms with Crippen molar-refractivity contribution >= 4 is 110 Å². The number of para-hydroxylation sites is 2. The van der Waals surface area contributed by atoms with Gasteiger partial charge in [0, 0.05) is 72.4 Å². The summed E-state index contributed by atoms with van der Waals surface area (Å²) in [6.45, 7) is 0. The summed E-state index contributed by atoms with van der Waals surface area (Å²) in [6.07, 6.45) is 0. The van der Waals surface area contributed by atoms with Gasteiger partial charge in [0.1, 0.15) is 33.8 Å². The zero-order chi connectivity index (χ0) is 42.6. The zero-order valence-electron chi connectivity index (χ0n) is 34.9. The van der Waals surface area contributed by atoms with Crippen molar-refractivity contribution in [2.75, 3.05) is 9.80 Å². The molecule has 13 aromatic rings. The summed E-state index contributed by atoms with van der Waals surface area (Å²) < 4.78 is 19.6. The number of hydrogen-bond donors (Lipinski definition) is 0. The van der Waals surface area contributed by atoms with Crippen LogP contribution in [0.4, 0.5) is 34.1 Å². The van der Waals surface area contributed by atoms with E-state index in [1.807, 2.05) is 24.3 Å². The number of anilines is 6. The Morgan fingerprint density at radius 3 is 1.42 bits per heavy atom. The fraction of sp³-hybridized carbons (Fsp3) is 0. The zero-order valence-corrected chi connectivity index (χ0v) is 34.9. The molecular weight excluding hydrogens is 797 g/mol. The molecule has 0 fully saturated rings. The van der Waals surface area contributed by atoms with Crippen LogP contribution >= 0.6 is 0 Å². The van der Waals surface area contributed by atoms with Gasteiger partial charge in [-0.15, -0.1) is 0 Å². The fourth-order valence-electron chi connectivity index (χ4n) is 10.2. The lowest BCUT2D eigenvalue weighted by atomic mass is 9.92. The van der Waals surface area contributed by atoms with Crippen LogP contribution in [0.25, 0.3) is 87.3 Å². The summed E-state index contributed by atoms with van der Waals surface area (Å²) in [5.41, 5.74) is 11.9. The molecule has 2 aromatic heterocycles. The molecular formula is C60H36N2O3. The van der Waals surface area contributed by atoms with Crippen LogP contribution in [0.5, 0.6) is 11.5 Å². The third-order valence-electron chi connectivity index (χ3n) is 13.2. The summed E-state index contributed by atoms with van der Waals surface area (Å²) in [4.78, 5) is 4.69. The lowest BCUT2D eigenvalue weighted by molar-refractivity contribution is 0.487. The minimum Gasteiger partial charge on any atom is -0.456 e. The van der Waals surface area contributed by atoms with Gasteiger partial charge in [0.25, 0.3) is 0 Å². The maximum absolute atomic E-state index is 7.02. The Morgan fingerprint density at radius 2 is 0.754 bits per heavy atom. The van der Waals surface area contributed by atoms with E-state index in [9.17, 15) is 0 Å². The molecule has 0 spiro atoms.